The highest BCUT2D eigenvalue weighted by Crippen LogP contribution is 2.44. The summed E-state index contributed by atoms with van der Waals surface area (Å²) in [5.74, 6) is 0.317. The average Bonchev–Trinajstić information content (AvgIpc) is 3.60. The molecule has 4 unspecified atom stereocenters. The van der Waals surface area contributed by atoms with Gasteiger partial charge in [0.05, 0.1) is 16.2 Å². The molecule has 5 aliphatic heterocycles. The molecule has 12 heteroatoms. The predicted octanol–water partition coefficient (Wildman–Crippen LogP) is 5.03. The van der Waals surface area contributed by atoms with Crippen molar-refractivity contribution >= 4 is 29.9 Å². The molecule has 0 aromatic heterocycles. The van der Waals surface area contributed by atoms with Crippen LogP contribution in [0, 0.1) is 16.2 Å². The van der Waals surface area contributed by atoms with E-state index in [4.69, 9.17) is 9.47 Å². The Morgan fingerprint density at radius 1 is 0.735 bits per heavy atom. The van der Waals surface area contributed by atoms with Crippen molar-refractivity contribution in [3.8, 4) is 0 Å². The molecule has 0 saturated carbocycles. The van der Waals surface area contributed by atoms with E-state index in [0.717, 1.165) is 38.5 Å². The largest absolute Gasteiger partial charge is 0.444 e. The van der Waals surface area contributed by atoms with E-state index in [1.54, 1.807) is 9.80 Å². The summed E-state index contributed by atoms with van der Waals surface area (Å²) < 4.78 is 11.5. The number of hydrogen-bond acceptors (Lipinski definition) is 7. The summed E-state index contributed by atoms with van der Waals surface area (Å²) in [6.07, 6.45) is 8.87. The molecule has 0 aromatic carbocycles. The van der Waals surface area contributed by atoms with E-state index in [9.17, 15) is 24.0 Å². The lowest BCUT2D eigenvalue weighted by molar-refractivity contribution is -0.130. The van der Waals surface area contributed by atoms with Crippen LogP contribution in [0.15, 0.2) is 0 Å². The Bertz CT molecular complexity index is 1280. The summed E-state index contributed by atoms with van der Waals surface area (Å²) in [6, 6.07) is 0.317. The summed E-state index contributed by atoms with van der Waals surface area (Å²) in [5.41, 5.74) is -2.47. The number of hydrogen-bond donors (Lipinski definition) is 3. The monoisotopic (exact) mass is 687 g/mol. The summed E-state index contributed by atoms with van der Waals surface area (Å²) >= 11 is 0. The molecule has 5 saturated heterocycles. The third kappa shape index (κ3) is 8.30. The highest BCUT2D eigenvalue weighted by molar-refractivity contribution is 5.87. The van der Waals surface area contributed by atoms with Crippen molar-refractivity contribution in [1.29, 1.82) is 0 Å². The number of nitrogens with zero attached hydrogens (tertiary/aromatic N) is 2. The van der Waals surface area contributed by atoms with Crippen LogP contribution in [-0.2, 0) is 23.9 Å². The highest BCUT2D eigenvalue weighted by Gasteiger charge is 2.51. The summed E-state index contributed by atoms with van der Waals surface area (Å²) in [7, 11) is 0. The van der Waals surface area contributed by atoms with Gasteiger partial charge in [0.25, 0.3) is 0 Å². The van der Waals surface area contributed by atoms with E-state index in [-0.39, 0.29) is 53.4 Å². The Kier molecular flexibility index (Phi) is 10.6. The predicted molar refractivity (Wildman–Crippen MR) is 184 cm³/mol. The van der Waals surface area contributed by atoms with Gasteiger partial charge >= 0.3 is 12.2 Å². The zero-order valence-electron chi connectivity index (χ0n) is 31.0. The van der Waals surface area contributed by atoms with Crippen LogP contribution < -0.4 is 16.0 Å². The molecule has 12 nitrogen and oxygen atoms in total. The molecular formula is C37H61N5O7. The van der Waals surface area contributed by atoms with Gasteiger partial charge in [0.1, 0.15) is 11.2 Å². The zero-order valence-corrected chi connectivity index (χ0v) is 31.0. The molecular weight excluding hydrogens is 626 g/mol. The van der Waals surface area contributed by atoms with Crippen molar-refractivity contribution in [3.05, 3.63) is 0 Å². The quantitative estimate of drug-likeness (QED) is 0.308. The fraction of sp³-hybridized carbons (Fsp3) is 0.865. The number of amides is 5. The third-order valence-electron chi connectivity index (χ3n) is 12.2. The van der Waals surface area contributed by atoms with Gasteiger partial charge in [0.2, 0.25) is 17.7 Å². The van der Waals surface area contributed by atoms with E-state index < -0.39 is 22.0 Å². The second-order valence-electron chi connectivity index (χ2n) is 17.5. The molecule has 4 atom stereocenters. The molecule has 5 amide bonds. The first kappa shape index (κ1) is 37.2. The summed E-state index contributed by atoms with van der Waals surface area (Å²) in [6.45, 7) is 15.5. The molecule has 0 bridgehead atoms. The lowest BCUT2D eigenvalue weighted by Gasteiger charge is -2.38. The molecule has 0 aliphatic carbocycles. The van der Waals surface area contributed by atoms with Crippen LogP contribution in [-0.4, -0.2) is 95.2 Å². The van der Waals surface area contributed by atoms with Gasteiger partial charge in [-0.3, -0.25) is 14.4 Å². The normalized spacial score (nSPS) is 29.6. The molecule has 5 heterocycles. The fourth-order valence-corrected chi connectivity index (χ4v) is 9.04. The van der Waals surface area contributed by atoms with Crippen LogP contribution in [0.3, 0.4) is 0 Å². The lowest BCUT2D eigenvalue weighted by atomic mass is 9.74. The Balaban J connectivity index is 1.03. The number of likely N-dealkylation sites (tertiary alicyclic amines) is 2. The molecule has 0 radical (unpaired) electrons. The Labute approximate surface area is 292 Å². The molecule has 3 N–H and O–H groups in total. The SMILES string of the molecule is CCC1(CCCC2CC3(CCN(C(=O)OC(C)(C)CCC4CC5(CCN(C(=O)OC(C)(C)C)CC5)C(=O)N4)CC3)C(=O)N2)CC(C)NC1=O. The molecule has 49 heavy (non-hydrogen) atoms. The maximum absolute atomic E-state index is 13.3. The molecule has 5 fully saturated rings. The van der Waals surface area contributed by atoms with E-state index in [1.807, 2.05) is 34.6 Å². The Hall–Kier alpha value is -3.05. The van der Waals surface area contributed by atoms with Crippen molar-refractivity contribution in [1.82, 2.24) is 25.8 Å². The van der Waals surface area contributed by atoms with Crippen LogP contribution in [0.1, 0.15) is 132 Å². The van der Waals surface area contributed by atoms with E-state index in [1.165, 1.54) is 0 Å². The van der Waals surface area contributed by atoms with Gasteiger partial charge in [-0.2, -0.15) is 0 Å². The van der Waals surface area contributed by atoms with Crippen molar-refractivity contribution in [2.75, 3.05) is 26.2 Å². The minimum absolute atomic E-state index is 0.00592. The van der Waals surface area contributed by atoms with Gasteiger partial charge in [-0.15, -0.1) is 0 Å². The van der Waals surface area contributed by atoms with Crippen LogP contribution in [0.4, 0.5) is 9.59 Å². The second-order valence-corrected chi connectivity index (χ2v) is 17.5. The first-order valence-electron chi connectivity index (χ1n) is 18.8. The van der Waals surface area contributed by atoms with E-state index in [2.05, 4.69) is 29.8 Å². The summed E-state index contributed by atoms with van der Waals surface area (Å²) in [4.78, 5) is 68.1. The minimum atomic E-state index is -0.716. The van der Waals surface area contributed by atoms with Gasteiger partial charge in [-0.1, -0.05) is 13.3 Å². The number of rotatable bonds is 9. The Morgan fingerprint density at radius 3 is 1.67 bits per heavy atom. The average molecular weight is 688 g/mol. The van der Waals surface area contributed by atoms with E-state index >= 15 is 0 Å². The molecule has 276 valence electrons. The Morgan fingerprint density at radius 2 is 1.22 bits per heavy atom. The van der Waals surface area contributed by atoms with Crippen molar-refractivity contribution in [2.45, 2.75) is 161 Å². The van der Waals surface area contributed by atoms with Crippen molar-refractivity contribution in [2.24, 2.45) is 16.2 Å². The lowest BCUT2D eigenvalue weighted by Crippen LogP contribution is -2.47. The third-order valence-corrected chi connectivity index (χ3v) is 12.2. The first-order valence-corrected chi connectivity index (χ1v) is 18.8. The number of piperidine rings is 2. The van der Waals surface area contributed by atoms with Gasteiger partial charge in [-0.25, -0.2) is 9.59 Å². The zero-order chi connectivity index (χ0) is 35.8. The van der Waals surface area contributed by atoms with Crippen LogP contribution in [0.5, 0.6) is 0 Å². The second kappa shape index (κ2) is 13.9. The topological polar surface area (TPSA) is 146 Å². The smallest absolute Gasteiger partial charge is 0.410 e. The first-order chi connectivity index (χ1) is 22.9. The minimum Gasteiger partial charge on any atom is -0.444 e. The van der Waals surface area contributed by atoms with Gasteiger partial charge in [0.15, 0.2) is 0 Å². The fourth-order valence-electron chi connectivity index (χ4n) is 9.04. The standard InChI is InChI=1S/C37H61N5O7/c1-8-35(22-25(2)38-28(35)43)12-9-10-26-23-36(29(44)39-26)16-20-42(21-17-36)32(47)49-34(6,7)13-11-27-24-37(30(45)40-27)14-18-41(19-15-37)31(46)48-33(3,4)5/h25-27H,8-24H2,1-7H3,(H,38,43)(H,39,44)(H,40,45). The van der Waals surface area contributed by atoms with Crippen LogP contribution in [0.25, 0.3) is 0 Å². The summed E-state index contributed by atoms with van der Waals surface area (Å²) in [5, 5.41) is 9.48. The van der Waals surface area contributed by atoms with Crippen molar-refractivity contribution in [3.63, 3.8) is 0 Å². The van der Waals surface area contributed by atoms with Crippen LogP contribution >= 0.6 is 0 Å². The number of nitrogens with one attached hydrogen (secondary N) is 3. The van der Waals surface area contributed by atoms with Gasteiger partial charge in [0, 0.05) is 44.3 Å². The van der Waals surface area contributed by atoms with E-state index in [0.29, 0.717) is 71.1 Å². The highest BCUT2D eigenvalue weighted by atomic mass is 16.6. The molecule has 2 spiro atoms. The van der Waals surface area contributed by atoms with Gasteiger partial charge < -0.3 is 35.2 Å². The van der Waals surface area contributed by atoms with Crippen molar-refractivity contribution < 1.29 is 33.4 Å². The maximum atomic E-state index is 13.3. The maximum Gasteiger partial charge on any atom is 0.410 e. The van der Waals surface area contributed by atoms with Crippen LogP contribution in [0.2, 0.25) is 0 Å². The number of carbonyl (C=O) groups excluding carboxylic acids is 5. The number of carbonyl (C=O) groups is 5. The molecule has 5 rings (SSSR count). The molecule has 5 aliphatic rings. The molecule has 0 aromatic rings. The number of ether oxygens (including phenoxy) is 2. The van der Waals surface area contributed by atoms with Gasteiger partial charge in [-0.05, 0) is 119 Å².